The van der Waals surface area contributed by atoms with E-state index in [9.17, 15) is 17.8 Å². The summed E-state index contributed by atoms with van der Waals surface area (Å²) in [6.45, 7) is 7.15. The Bertz CT molecular complexity index is 452. The maximum absolute atomic E-state index is 12.2. The molecule has 1 amide bonds. The molecule has 0 atom stereocenters. The number of nitrogens with zero attached hydrogens (tertiary/aromatic N) is 2. The van der Waals surface area contributed by atoms with E-state index in [-0.39, 0.29) is 48.4 Å². The Kier molecular flexibility index (Phi) is 6.38. The van der Waals surface area contributed by atoms with Crippen molar-refractivity contribution in [1.82, 2.24) is 9.32 Å². The van der Waals surface area contributed by atoms with Gasteiger partial charge in [-0.3, -0.25) is 4.79 Å². The van der Waals surface area contributed by atoms with Gasteiger partial charge in [0.2, 0.25) is 5.91 Å². The van der Waals surface area contributed by atoms with Gasteiger partial charge in [0.15, 0.2) is 0 Å². The smallest absolute Gasteiger partial charge is 0.748 e. The van der Waals surface area contributed by atoms with E-state index in [1.54, 1.807) is 27.7 Å². The molecule has 1 fully saturated rings. The Morgan fingerprint density at radius 1 is 1.26 bits per heavy atom. The number of amides is 1. The average molecular weight is 321 g/mol. The first-order chi connectivity index (χ1) is 7.90. The molecule has 6 nitrogen and oxygen atoms in total. The Morgan fingerprint density at radius 2 is 1.74 bits per heavy atom. The van der Waals surface area contributed by atoms with Crippen molar-refractivity contribution in [1.29, 1.82) is 0 Å². The largest absolute Gasteiger partial charge is 1.00 e. The quantitative estimate of drug-likeness (QED) is 0.332. The van der Waals surface area contributed by atoms with Gasteiger partial charge in [-0.2, -0.15) is 4.42 Å². The fourth-order valence-electron chi connectivity index (χ4n) is 2.23. The van der Waals surface area contributed by atoms with E-state index < -0.39 is 27.1 Å². The Balaban J connectivity index is 0.00000324. The Hall–Kier alpha value is 0.630. The van der Waals surface area contributed by atoms with Crippen LogP contribution in [0.4, 0.5) is 0 Å². The summed E-state index contributed by atoms with van der Waals surface area (Å²) in [5, 5.41) is 0. The fraction of sp³-hybridized carbons (Fsp3) is 0.900. The minimum atomic E-state index is -4.25. The van der Waals surface area contributed by atoms with Crippen LogP contribution in [0.3, 0.4) is 0 Å². The van der Waals surface area contributed by atoms with E-state index in [4.69, 9.17) is 11.8 Å². The summed E-state index contributed by atoms with van der Waals surface area (Å²) in [7, 11) is -4.25. The zero-order chi connectivity index (χ0) is 14.4. The summed E-state index contributed by atoms with van der Waals surface area (Å²) in [5.41, 5.74) is -1.56. The molecule has 0 aromatic carbocycles. The predicted octanol–water partition coefficient (Wildman–Crippen LogP) is -2.26. The molecule has 0 bridgehead atoms. The van der Waals surface area contributed by atoms with Crippen LogP contribution in [0.15, 0.2) is 0 Å². The molecule has 0 aromatic heterocycles. The molecule has 19 heavy (non-hydrogen) atoms. The molecule has 1 heterocycles. The van der Waals surface area contributed by atoms with Gasteiger partial charge >= 0.3 is 29.6 Å². The maximum atomic E-state index is 12.2. The molecule has 0 spiro atoms. The zero-order valence-electron chi connectivity index (χ0n) is 11.9. The summed E-state index contributed by atoms with van der Waals surface area (Å²) >= 11 is 6.14. The molecule has 1 aliphatic rings. The van der Waals surface area contributed by atoms with Crippen molar-refractivity contribution in [3.63, 3.8) is 0 Å². The summed E-state index contributed by atoms with van der Waals surface area (Å²) in [4.78, 5) is 13.7. The number of halogens is 1. The summed E-state index contributed by atoms with van der Waals surface area (Å²) in [6.07, 6.45) is 0.113. The van der Waals surface area contributed by atoms with Crippen LogP contribution in [0.2, 0.25) is 0 Å². The first-order valence-electron chi connectivity index (χ1n) is 5.62. The van der Waals surface area contributed by atoms with Gasteiger partial charge in [-0.05, 0) is 45.9 Å². The monoisotopic (exact) mass is 320 g/mol. The molecule has 0 N–H and O–H groups in total. The first-order valence-corrected chi connectivity index (χ1v) is 7.54. The SMILES string of the molecule is CC1(C)C(=O)N(CCCS(=O)(=O)[O-])C(C)(C)N1Cl.[Na+]. The van der Waals surface area contributed by atoms with E-state index >= 15 is 0 Å². The zero-order valence-corrected chi connectivity index (χ0v) is 15.5. The van der Waals surface area contributed by atoms with Crippen molar-refractivity contribution < 1.29 is 47.3 Å². The van der Waals surface area contributed by atoms with Gasteiger partial charge in [0.25, 0.3) is 0 Å². The third-order valence-corrected chi connectivity index (χ3v) is 4.80. The number of hydrogen-bond donors (Lipinski definition) is 0. The van der Waals surface area contributed by atoms with Gasteiger partial charge in [0.1, 0.15) is 11.2 Å². The van der Waals surface area contributed by atoms with Crippen LogP contribution in [0.1, 0.15) is 34.1 Å². The van der Waals surface area contributed by atoms with E-state index in [0.29, 0.717) is 0 Å². The minimum Gasteiger partial charge on any atom is -0.748 e. The summed E-state index contributed by atoms with van der Waals surface area (Å²) in [5.74, 6) is -0.652. The molecule has 0 radical (unpaired) electrons. The summed E-state index contributed by atoms with van der Waals surface area (Å²) in [6, 6.07) is 0. The second-order valence-electron chi connectivity index (χ2n) is 5.41. The molecule has 106 valence electrons. The molecule has 1 saturated heterocycles. The number of hydrogen-bond acceptors (Lipinski definition) is 5. The van der Waals surface area contributed by atoms with Crippen molar-refractivity contribution in [2.45, 2.75) is 45.3 Å². The second-order valence-corrected chi connectivity index (χ2v) is 7.27. The van der Waals surface area contributed by atoms with Crippen molar-refractivity contribution in [3.05, 3.63) is 0 Å². The average Bonchev–Trinajstić information content (AvgIpc) is 2.29. The number of carbonyl (C=O) groups is 1. The van der Waals surface area contributed by atoms with Gasteiger partial charge < -0.3 is 9.45 Å². The molecular formula is C10H18ClN2NaO4S. The van der Waals surface area contributed by atoms with E-state index in [1.807, 2.05) is 0 Å². The molecular weight excluding hydrogens is 303 g/mol. The molecule has 0 aromatic rings. The van der Waals surface area contributed by atoms with Gasteiger partial charge in [-0.25, -0.2) is 8.42 Å². The molecule has 0 saturated carbocycles. The van der Waals surface area contributed by atoms with Gasteiger partial charge in [0, 0.05) is 12.3 Å². The Morgan fingerprint density at radius 3 is 2.05 bits per heavy atom. The fourth-order valence-corrected chi connectivity index (χ4v) is 2.87. The molecule has 1 aliphatic heterocycles. The topological polar surface area (TPSA) is 80.8 Å². The molecule has 0 aliphatic carbocycles. The van der Waals surface area contributed by atoms with Crippen molar-refractivity contribution in [2.75, 3.05) is 12.3 Å². The predicted molar refractivity (Wildman–Crippen MR) is 66.7 cm³/mol. The standard InChI is InChI=1S/C10H19ClN2O4S.Na/c1-9(2)8(14)12(10(3,4)13(9)11)6-5-7-18(15,16)17;/h5-7H2,1-4H3,(H,15,16,17);/q;+1/p-1. The van der Waals surface area contributed by atoms with Crippen molar-refractivity contribution in [3.8, 4) is 0 Å². The minimum absolute atomic E-state index is 0. The van der Waals surface area contributed by atoms with Crippen LogP contribution < -0.4 is 29.6 Å². The van der Waals surface area contributed by atoms with Crippen LogP contribution in [-0.2, 0) is 14.9 Å². The van der Waals surface area contributed by atoms with E-state index in [2.05, 4.69) is 0 Å². The third-order valence-electron chi connectivity index (χ3n) is 3.18. The maximum Gasteiger partial charge on any atom is 1.00 e. The van der Waals surface area contributed by atoms with Crippen molar-refractivity contribution >= 4 is 27.8 Å². The summed E-state index contributed by atoms with van der Waals surface area (Å²) < 4.78 is 33.1. The van der Waals surface area contributed by atoms with Crippen molar-refractivity contribution in [2.24, 2.45) is 0 Å². The number of carbonyl (C=O) groups excluding carboxylic acids is 1. The third kappa shape index (κ3) is 4.06. The van der Waals surface area contributed by atoms with E-state index in [0.717, 1.165) is 0 Å². The normalized spacial score (nSPS) is 22.4. The van der Waals surface area contributed by atoms with Gasteiger partial charge in [0.05, 0.1) is 10.1 Å². The van der Waals surface area contributed by atoms with Crippen LogP contribution >= 0.6 is 11.8 Å². The van der Waals surface area contributed by atoms with Gasteiger partial charge in [-0.15, -0.1) is 0 Å². The molecule has 0 unspecified atom stereocenters. The van der Waals surface area contributed by atoms with Crippen LogP contribution in [0, 0.1) is 0 Å². The van der Waals surface area contributed by atoms with Gasteiger partial charge in [-0.1, -0.05) is 0 Å². The van der Waals surface area contributed by atoms with Crippen LogP contribution in [0.5, 0.6) is 0 Å². The second kappa shape index (κ2) is 6.17. The van der Waals surface area contributed by atoms with Crippen LogP contribution in [0.25, 0.3) is 0 Å². The van der Waals surface area contributed by atoms with Crippen LogP contribution in [-0.4, -0.2) is 51.7 Å². The van der Waals surface area contributed by atoms with E-state index in [1.165, 1.54) is 9.32 Å². The number of rotatable bonds is 4. The Labute approximate surface area is 141 Å². The molecule has 9 heteroatoms. The first kappa shape index (κ1) is 19.6. The molecule has 1 rings (SSSR count).